The minimum Gasteiger partial charge on any atom is -0.395 e. The van der Waals surface area contributed by atoms with Crippen LogP contribution in [0.5, 0.6) is 0 Å². The fraction of sp³-hybridized carbons (Fsp3) is 0.895. The van der Waals surface area contributed by atoms with Crippen molar-refractivity contribution in [3.63, 3.8) is 0 Å². The van der Waals surface area contributed by atoms with Gasteiger partial charge in [-0.3, -0.25) is 4.79 Å². The van der Waals surface area contributed by atoms with Gasteiger partial charge < -0.3 is 51.4 Å². The van der Waals surface area contributed by atoms with Crippen LogP contribution < -0.4 is 27.0 Å². The Morgan fingerprint density at radius 1 is 0.804 bits per heavy atom. The van der Waals surface area contributed by atoms with Crippen LogP contribution in [0.3, 0.4) is 0 Å². The van der Waals surface area contributed by atoms with Crippen LogP contribution in [-0.2, 0) is 19.0 Å². The predicted octanol–water partition coefficient (Wildman–Crippen LogP) is 4.17. The van der Waals surface area contributed by atoms with Gasteiger partial charge in [-0.2, -0.15) is 11.8 Å². The second-order valence-corrected chi connectivity index (χ2v) is 15.2. The molecule has 3 amide bonds. The summed E-state index contributed by atoms with van der Waals surface area (Å²) < 4.78 is 16.8. The van der Waals surface area contributed by atoms with Gasteiger partial charge >= 0.3 is 6.03 Å². The molecule has 0 aromatic heterocycles. The first kappa shape index (κ1) is 45.7. The lowest BCUT2D eigenvalue weighted by atomic mass is 10.0. The number of thioether (sulfide) groups is 1. The second-order valence-electron chi connectivity index (χ2n) is 14.0. The monoisotopic (exact) mass is 744 g/mol. The Kier molecular flexibility index (Phi) is 28.7. The molecule has 0 aliphatic carbocycles. The molecular formula is C38H73N5O7S. The van der Waals surface area contributed by atoms with Crippen molar-refractivity contribution in [3.05, 3.63) is 12.2 Å². The quantitative estimate of drug-likeness (QED) is 0.0280. The zero-order valence-electron chi connectivity index (χ0n) is 31.5. The molecule has 8 N–H and O–H groups in total. The van der Waals surface area contributed by atoms with E-state index in [1.807, 2.05) is 17.8 Å². The number of carbonyl (C=O) groups excluding carboxylic acids is 2. The van der Waals surface area contributed by atoms with Gasteiger partial charge in [-0.25, -0.2) is 4.79 Å². The Morgan fingerprint density at radius 2 is 1.39 bits per heavy atom. The van der Waals surface area contributed by atoms with Crippen LogP contribution >= 0.6 is 11.8 Å². The molecule has 0 radical (unpaired) electrons. The van der Waals surface area contributed by atoms with Crippen molar-refractivity contribution >= 4 is 23.7 Å². The van der Waals surface area contributed by atoms with Gasteiger partial charge in [0.15, 0.2) is 0 Å². The summed E-state index contributed by atoms with van der Waals surface area (Å²) in [5.74, 6) is 1.07. The number of amides is 3. The van der Waals surface area contributed by atoms with Gasteiger partial charge in [-0.15, -0.1) is 0 Å². The zero-order valence-corrected chi connectivity index (χ0v) is 32.3. The molecule has 0 aromatic rings. The molecule has 298 valence electrons. The molecule has 2 rings (SSSR count). The first-order valence-corrected chi connectivity index (χ1v) is 21.2. The number of ether oxygens (including phenoxy) is 3. The number of unbranched alkanes of at least 4 members (excludes halogenated alkanes) is 12. The Morgan fingerprint density at radius 3 is 2.06 bits per heavy atom. The molecule has 0 saturated carbocycles. The summed E-state index contributed by atoms with van der Waals surface area (Å²) in [6.45, 7) is 6.14. The van der Waals surface area contributed by atoms with Gasteiger partial charge in [0.2, 0.25) is 5.91 Å². The SMILES string of the molecule is N[C@@H](CO)[C@H](O)/C=C/CCCCCCCCCCCCCNCCCOCCOCCOCCCNC(=O)CCCCC1SCC2NC(=O)NC21. The maximum atomic E-state index is 12.1. The molecule has 51 heavy (non-hydrogen) atoms. The molecule has 0 bridgehead atoms. The number of urea groups is 1. The highest BCUT2D eigenvalue weighted by Crippen LogP contribution is 2.33. The van der Waals surface area contributed by atoms with Gasteiger partial charge in [0.05, 0.1) is 57.3 Å². The average Bonchev–Trinajstić information content (AvgIpc) is 3.69. The minimum absolute atomic E-state index is 0.0477. The number of carbonyl (C=O) groups is 2. The first-order chi connectivity index (χ1) is 25.0. The summed E-state index contributed by atoms with van der Waals surface area (Å²) in [6.07, 6.45) is 23.4. The zero-order chi connectivity index (χ0) is 36.6. The highest BCUT2D eigenvalue weighted by Gasteiger charge is 2.42. The lowest BCUT2D eigenvalue weighted by Crippen LogP contribution is -2.36. The van der Waals surface area contributed by atoms with E-state index in [2.05, 4.69) is 21.3 Å². The molecule has 0 spiro atoms. The fourth-order valence-corrected chi connectivity index (χ4v) is 7.86. The summed E-state index contributed by atoms with van der Waals surface area (Å²) in [5, 5.41) is 31.5. The van der Waals surface area contributed by atoms with Crippen molar-refractivity contribution < 1.29 is 34.0 Å². The van der Waals surface area contributed by atoms with Crippen LogP contribution in [0, 0.1) is 0 Å². The van der Waals surface area contributed by atoms with Gasteiger partial charge in [-0.05, 0) is 58.0 Å². The van der Waals surface area contributed by atoms with E-state index >= 15 is 0 Å². The number of rotatable bonds is 36. The topological polar surface area (TPSA) is 176 Å². The van der Waals surface area contributed by atoms with E-state index in [4.69, 9.17) is 25.1 Å². The summed E-state index contributed by atoms with van der Waals surface area (Å²) >= 11 is 1.92. The van der Waals surface area contributed by atoms with Crippen LogP contribution in [0.15, 0.2) is 12.2 Å². The van der Waals surface area contributed by atoms with E-state index < -0.39 is 12.1 Å². The number of hydrogen-bond donors (Lipinski definition) is 7. The van der Waals surface area contributed by atoms with Crippen molar-refractivity contribution in [2.24, 2.45) is 5.73 Å². The average molecular weight is 744 g/mol. The first-order valence-electron chi connectivity index (χ1n) is 20.1. The third-order valence-corrected chi connectivity index (χ3v) is 11.0. The van der Waals surface area contributed by atoms with Gasteiger partial charge in [-0.1, -0.05) is 76.4 Å². The van der Waals surface area contributed by atoms with E-state index in [1.165, 1.54) is 64.2 Å². The van der Waals surface area contributed by atoms with E-state index in [-0.39, 0.29) is 30.6 Å². The predicted molar refractivity (Wildman–Crippen MR) is 207 cm³/mol. The standard InChI is InChI=1S/C38H73N5O7S/c39-32(30-44)34(45)18-12-10-8-6-4-2-1-3-5-7-9-11-15-21-40-22-16-24-48-26-28-50-29-27-49-25-17-23-41-36(46)20-14-13-19-35-37-33(31-51-35)42-38(47)43-37/h12,18,32-35,37,40,44-45H,1-11,13-17,19-31,39H2,(H,41,46)(H2,42,43,47)/b18-12+/t32-,33?,34+,35?,37?/m0/s1. The highest BCUT2D eigenvalue weighted by molar-refractivity contribution is 8.00. The highest BCUT2D eigenvalue weighted by atomic mass is 32.2. The summed E-state index contributed by atoms with van der Waals surface area (Å²) in [7, 11) is 0. The van der Waals surface area contributed by atoms with E-state index in [1.54, 1.807) is 6.08 Å². The van der Waals surface area contributed by atoms with Gasteiger partial charge in [0.1, 0.15) is 0 Å². The van der Waals surface area contributed by atoms with Crippen molar-refractivity contribution in [2.75, 3.05) is 71.6 Å². The summed E-state index contributed by atoms with van der Waals surface area (Å²) in [5.41, 5.74) is 5.58. The number of allylic oxidation sites excluding steroid dienone is 1. The Labute approximate surface area is 312 Å². The largest absolute Gasteiger partial charge is 0.395 e. The molecule has 2 heterocycles. The number of fused-ring (bicyclic) bond motifs is 1. The van der Waals surface area contributed by atoms with Crippen molar-refractivity contribution in [1.82, 2.24) is 21.3 Å². The van der Waals surface area contributed by atoms with Crippen LogP contribution in [0.25, 0.3) is 0 Å². The lowest BCUT2D eigenvalue weighted by molar-refractivity contribution is -0.121. The van der Waals surface area contributed by atoms with Crippen LogP contribution in [-0.4, -0.2) is 123 Å². The molecule has 2 aliphatic heterocycles. The van der Waals surface area contributed by atoms with E-state index in [0.29, 0.717) is 51.2 Å². The number of aliphatic hydroxyl groups excluding tert-OH is 2. The summed E-state index contributed by atoms with van der Waals surface area (Å²) in [4.78, 5) is 23.5. The fourth-order valence-electron chi connectivity index (χ4n) is 6.32. The Balaban J connectivity index is 1.17. The van der Waals surface area contributed by atoms with Gasteiger partial charge in [0.25, 0.3) is 0 Å². The Bertz CT molecular complexity index is 890. The number of nitrogens with two attached hydrogens (primary N) is 1. The Hall–Kier alpha value is -1.45. The lowest BCUT2D eigenvalue weighted by Gasteiger charge is -2.16. The maximum Gasteiger partial charge on any atom is 0.315 e. The van der Waals surface area contributed by atoms with Crippen LogP contribution in [0.2, 0.25) is 0 Å². The minimum atomic E-state index is -0.749. The molecule has 12 nitrogen and oxygen atoms in total. The van der Waals surface area contributed by atoms with Crippen molar-refractivity contribution in [3.8, 4) is 0 Å². The normalized spacial score (nSPS) is 19.7. The molecule has 2 aliphatic rings. The second kappa shape index (κ2) is 32.0. The van der Waals surface area contributed by atoms with Crippen molar-refractivity contribution in [1.29, 1.82) is 0 Å². The van der Waals surface area contributed by atoms with Crippen molar-refractivity contribution in [2.45, 2.75) is 145 Å². The smallest absolute Gasteiger partial charge is 0.315 e. The molecular weight excluding hydrogens is 671 g/mol. The van der Waals surface area contributed by atoms with E-state index in [9.17, 15) is 14.7 Å². The third-order valence-electron chi connectivity index (χ3n) is 9.46. The van der Waals surface area contributed by atoms with Gasteiger partial charge in [0, 0.05) is 37.2 Å². The molecule has 3 unspecified atom stereocenters. The van der Waals surface area contributed by atoms with Crippen LogP contribution in [0.4, 0.5) is 4.79 Å². The summed E-state index contributed by atoms with van der Waals surface area (Å²) in [6, 6.07) is -0.133. The maximum absolute atomic E-state index is 12.1. The number of hydrogen-bond acceptors (Lipinski definition) is 10. The molecule has 13 heteroatoms. The third kappa shape index (κ3) is 24.5. The molecule has 5 atom stereocenters. The number of nitrogens with one attached hydrogen (secondary N) is 4. The molecule has 2 saturated heterocycles. The van der Waals surface area contributed by atoms with Crippen LogP contribution in [0.1, 0.15) is 116 Å². The molecule has 2 fully saturated rings. The number of aliphatic hydroxyl groups is 2. The molecule has 0 aromatic carbocycles. The van der Waals surface area contributed by atoms with E-state index in [0.717, 1.165) is 70.4 Å².